The van der Waals surface area contributed by atoms with Gasteiger partial charge in [-0.05, 0) is 34.8 Å². The Balaban J connectivity index is 2.88. The lowest BCUT2D eigenvalue weighted by Crippen LogP contribution is -2.57. The van der Waals surface area contributed by atoms with E-state index in [-0.39, 0.29) is 5.82 Å². The fourth-order valence-electron chi connectivity index (χ4n) is 4.51. The number of aldehydes is 1. The predicted molar refractivity (Wildman–Crippen MR) is 94.3 cm³/mol. The van der Waals surface area contributed by atoms with E-state index in [4.69, 9.17) is 0 Å². The molecule has 0 radical (unpaired) electrons. The van der Waals surface area contributed by atoms with Crippen LogP contribution in [0.5, 0.6) is 0 Å². The van der Waals surface area contributed by atoms with Crippen LogP contribution in [0.3, 0.4) is 0 Å². The van der Waals surface area contributed by atoms with Gasteiger partial charge >= 0.3 is 0 Å². The Morgan fingerprint density at radius 3 is 2.05 bits per heavy atom. The second-order valence-electron chi connectivity index (χ2n) is 7.12. The molecular formula is C18H26FNOSi. The van der Waals surface area contributed by atoms with Crippen LogP contribution < -0.4 is 5.32 Å². The number of rotatable bonds is 5. The number of carbonyl (C=O) groups excluding carboxylic acids is 1. The standard InChI is InChI=1S/C18H26FNOSi/c1-11(2)22(12(3)4,13(5)6)18-16(10-21)15-9-14(19)7-8-17(15)20-18/h7-13,20H,1-6H3. The summed E-state index contributed by atoms with van der Waals surface area (Å²) in [5, 5.41) is 1.80. The van der Waals surface area contributed by atoms with Gasteiger partial charge in [-0.25, -0.2) is 4.39 Å². The Labute approximate surface area is 133 Å². The Kier molecular flexibility index (Phi) is 4.61. The first-order chi connectivity index (χ1) is 10.3. The van der Waals surface area contributed by atoms with Gasteiger partial charge < -0.3 is 4.98 Å². The molecule has 0 fully saturated rings. The predicted octanol–water partition coefficient (Wildman–Crippen LogP) is 5.01. The number of hydrogen-bond donors (Lipinski definition) is 1. The fraction of sp³-hybridized carbons (Fsp3) is 0.500. The summed E-state index contributed by atoms with van der Waals surface area (Å²) < 4.78 is 13.6. The van der Waals surface area contributed by atoms with Gasteiger partial charge in [-0.1, -0.05) is 41.5 Å². The number of hydrogen-bond acceptors (Lipinski definition) is 1. The van der Waals surface area contributed by atoms with Crippen LogP contribution >= 0.6 is 0 Å². The van der Waals surface area contributed by atoms with E-state index in [1.165, 1.54) is 12.1 Å². The molecule has 0 aliphatic heterocycles. The van der Waals surface area contributed by atoms with Gasteiger partial charge in [0.1, 0.15) is 13.9 Å². The van der Waals surface area contributed by atoms with Crippen molar-refractivity contribution in [2.24, 2.45) is 0 Å². The van der Waals surface area contributed by atoms with Gasteiger partial charge in [-0.15, -0.1) is 0 Å². The first-order valence-corrected chi connectivity index (χ1v) is 10.3. The van der Waals surface area contributed by atoms with Crippen LogP contribution in [0.2, 0.25) is 16.6 Å². The van der Waals surface area contributed by atoms with Crippen LogP contribution in [0.1, 0.15) is 51.9 Å². The summed E-state index contributed by atoms with van der Waals surface area (Å²) in [6.45, 7) is 13.5. The van der Waals surface area contributed by atoms with Crippen LogP contribution in [0, 0.1) is 5.82 Å². The zero-order valence-electron chi connectivity index (χ0n) is 14.3. The zero-order valence-corrected chi connectivity index (χ0v) is 15.3. The van der Waals surface area contributed by atoms with Crippen LogP contribution in [-0.4, -0.2) is 19.3 Å². The van der Waals surface area contributed by atoms with Crippen molar-refractivity contribution in [2.75, 3.05) is 0 Å². The van der Waals surface area contributed by atoms with Gasteiger partial charge in [0.2, 0.25) is 0 Å². The molecule has 120 valence electrons. The van der Waals surface area contributed by atoms with E-state index < -0.39 is 8.07 Å². The molecule has 0 unspecified atom stereocenters. The highest BCUT2D eigenvalue weighted by Gasteiger charge is 2.47. The molecule has 0 aliphatic carbocycles. The van der Waals surface area contributed by atoms with Crippen molar-refractivity contribution in [1.29, 1.82) is 0 Å². The van der Waals surface area contributed by atoms with Crippen molar-refractivity contribution >= 4 is 30.6 Å². The number of aromatic nitrogens is 1. The van der Waals surface area contributed by atoms with E-state index in [1.54, 1.807) is 6.07 Å². The van der Waals surface area contributed by atoms with E-state index >= 15 is 0 Å². The third-order valence-electron chi connectivity index (χ3n) is 5.22. The van der Waals surface area contributed by atoms with E-state index in [1.807, 2.05) is 0 Å². The smallest absolute Gasteiger partial charge is 0.152 e. The molecule has 4 heteroatoms. The number of H-pyrrole nitrogens is 1. The number of halogens is 1. The molecule has 1 aromatic carbocycles. The maximum absolute atomic E-state index is 13.6. The summed E-state index contributed by atoms with van der Waals surface area (Å²) in [5.74, 6) is -0.299. The third-order valence-corrected chi connectivity index (χ3v) is 12.2. The minimum Gasteiger partial charge on any atom is -0.361 e. The summed E-state index contributed by atoms with van der Waals surface area (Å²) in [4.78, 5) is 15.3. The molecule has 0 saturated heterocycles. The largest absolute Gasteiger partial charge is 0.361 e. The normalized spacial score (nSPS) is 12.8. The van der Waals surface area contributed by atoms with Crippen LogP contribution in [0.4, 0.5) is 4.39 Å². The molecule has 0 spiro atoms. The van der Waals surface area contributed by atoms with Gasteiger partial charge in [0, 0.05) is 21.8 Å². The Morgan fingerprint density at radius 1 is 1.05 bits per heavy atom. The molecule has 1 heterocycles. The van der Waals surface area contributed by atoms with E-state index in [9.17, 15) is 9.18 Å². The van der Waals surface area contributed by atoms with Crippen molar-refractivity contribution in [2.45, 2.75) is 58.2 Å². The molecule has 0 aliphatic rings. The maximum Gasteiger partial charge on any atom is 0.152 e. The van der Waals surface area contributed by atoms with Gasteiger partial charge in [0.05, 0.1) is 0 Å². The molecule has 0 amide bonds. The zero-order chi connectivity index (χ0) is 16.7. The molecule has 2 rings (SSSR count). The summed E-state index contributed by atoms with van der Waals surface area (Å²) in [7, 11) is -1.98. The molecule has 1 N–H and O–H groups in total. The molecule has 0 bridgehead atoms. The van der Waals surface area contributed by atoms with Crippen molar-refractivity contribution in [3.63, 3.8) is 0 Å². The van der Waals surface area contributed by atoms with Gasteiger partial charge in [-0.2, -0.15) is 0 Å². The Bertz CT molecular complexity index is 666. The summed E-state index contributed by atoms with van der Waals surface area (Å²) in [6, 6.07) is 4.65. The molecule has 22 heavy (non-hydrogen) atoms. The summed E-state index contributed by atoms with van der Waals surface area (Å²) in [6.07, 6.45) is 0.905. The molecule has 1 aromatic heterocycles. The number of carbonyl (C=O) groups is 1. The number of aromatic amines is 1. The highest BCUT2D eigenvalue weighted by atomic mass is 28.3. The number of benzene rings is 1. The van der Waals surface area contributed by atoms with E-state index in [0.29, 0.717) is 27.6 Å². The summed E-state index contributed by atoms with van der Waals surface area (Å²) >= 11 is 0. The van der Waals surface area contributed by atoms with Crippen molar-refractivity contribution < 1.29 is 9.18 Å². The molecular weight excluding hydrogens is 293 g/mol. The SMILES string of the molecule is CC(C)[Si](c1[nH]c2ccc(F)cc2c1C=O)(C(C)C)C(C)C. The average molecular weight is 319 g/mol. The number of nitrogens with one attached hydrogen (secondary N) is 1. The minimum atomic E-state index is -1.98. The Hall–Kier alpha value is -1.42. The topological polar surface area (TPSA) is 32.9 Å². The van der Waals surface area contributed by atoms with Gasteiger partial charge in [-0.3, -0.25) is 4.79 Å². The van der Waals surface area contributed by atoms with E-state index in [2.05, 4.69) is 46.5 Å². The van der Waals surface area contributed by atoms with Crippen LogP contribution in [-0.2, 0) is 0 Å². The number of fused-ring (bicyclic) bond motifs is 1. The fourth-order valence-corrected chi connectivity index (χ4v) is 11.3. The molecule has 0 atom stereocenters. The quantitative estimate of drug-likeness (QED) is 0.610. The first kappa shape index (κ1) is 16.9. The lowest BCUT2D eigenvalue weighted by molar-refractivity contribution is 0.112. The van der Waals surface area contributed by atoms with Crippen molar-refractivity contribution in [3.05, 3.63) is 29.6 Å². The van der Waals surface area contributed by atoms with Gasteiger partial charge in [0.15, 0.2) is 6.29 Å². The molecule has 2 nitrogen and oxygen atoms in total. The second kappa shape index (κ2) is 5.99. The summed E-state index contributed by atoms with van der Waals surface area (Å²) in [5.41, 5.74) is 2.99. The highest BCUT2D eigenvalue weighted by Crippen LogP contribution is 2.42. The van der Waals surface area contributed by atoms with Crippen molar-refractivity contribution in [1.82, 2.24) is 4.98 Å². The average Bonchev–Trinajstić information content (AvgIpc) is 2.75. The monoisotopic (exact) mass is 319 g/mol. The molecule has 2 aromatic rings. The second-order valence-corrected chi connectivity index (χ2v) is 12.9. The maximum atomic E-state index is 13.6. The van der Waals surface area contributed by atoms with Crippen molar-refractivity contribution in [3.8, 4) is 0 Å². The van der Waals surface area contributed by atoms with Gasteiger partial charge in [0.25, 0.3) is 0 Å². The lowest BCUT2D eigenvalue weighted by atomic mass is 10.2. The molecule has 0 saturated carbocycles. The highest BCUT2D eigenvalue weighted by molar-refractivity contribution is 6.95. The first-order valence-electron chi connectivity index (χ1n) is 8.03. The van der Waals surface area contributed by atoms with Crippen LogP contribution in [0.15, 0.2) is 18.2 Å². The Morgan fingerprint density at radius 2 is 1.59 bits per heavy atom. The lowest BCUT2D eigenvalue weighted by Gasteiger charge is -2.42. The van der Waals surface area contributed by atoms with E-state index in [0.717, 1.165) is 17.1 Å². The minimum absolute atomic E-state index is 0.299. The third kappa shape index (κ3) is 2.34. The van der Waals surface area contributed by atoms with Crippen LogP contribution in [0.25, 0.3) is 10.9 Å².